The normalized spacial score (nSPS) is 13.2. The van der Waals surface area contributed by atoms with Crippen LogP contribution in [-0.2, 0) is 0 Å². The van der Waals surface area contributed by atoms with E-state index in [1.807, 2.05) is 24.9 Å². The Morgan fingerprint density at radius 3 is 3.00 bits per heavy atom. The number of fused-ring (bicyclic) bond motifs is 1. The third-order valence-corrected chi connectivity index (χ3v) is 4.66. The Morgan fingerprint density at radius 2 is 2.27 bits per heavy atom. The lowest BCUT2D eigenvalue weighted by molar-refractivity contribution is 0.677. The van der Waals surface area contributed by atoms with Crippen molar-refractivity contribution in [1.29, 1.82) is 0 Å². The predicted octanol–water partition coefficient (Wildman–Crippen LogP) is 3.00. The molecule has 1 atom stereocenters. The molecule has 1 unspecified atom stereocenters. The molecule has 0 aliphatic heterocycles. The first-order chi connectivity index (χ1) is 7.29. The molecule has 80 valence electrons. The van der Waals surface area contributed by atoms with E-state index in [4.69, 9.17) is 0 Å². The van der Waals surface area contributed by atoms with Crippen LogP contribution < -0.4 is 5.32 Å². The van der Waals surface area contributed by atoms with Gasteiger partial charge in [-0.15, -0.1) is 11.3 Å². The van der Waals surface area contributed by atoms with Crippen molar-refractivity contribution < 1.29 is 0 Å². The average Bonchev–Trinajstić information content (AvgIpc) is 2.68. The van der Waals surface area contributed by atoms with Crippen LogP contribution in [0, 0.1) is 0 Å². The smallest absolute Gasteiger partial charge is 0.151 e. The quantitative estimate of drug-likeness (QED) is 0.829. The molecule has 0 spiro atoms. The molecule has 1 N–H and O–H groups in total. The summed E-state index contributed by atoms with van der Waals surface area (Å²) in [5.41, 5.74) is 1.11. The van der Waals surface area contributed by atoms with Gasteiger partial charge < -0.3 is 5.32 Å². The fourth-order valence-electron chi connectivity index (χ4n) is 1.19. The van der Waals surface area contributed by atoms with E-state index in [0.717, 1.165) is 11.3 Å². The fraction of sp³-hybridized carbons (Fsp3) is 0.364. The monoisotopic (exact) mass is 238 g/mol. The minimum Gasteiger partial charge on any atom is -0.316 e. The summed E-state index contributed by atoms with van der Waals surface area (Å²) in [5.74, 6) is 1.07. The van der Waals surface area contributed by atoms with Crippen LogP contribution >= 0.6 is 23.1 Å². The molecule has 4 heteroatoms. The van der Waals surface area contributed by atoms with Crippen LogP contribution in [0.2, 0.25) is 0 Å². The fourth-order valence-corrected chi connectivity index (χ4v) is 3.32. The third kappa shape index (κ3) is 2.71. The maximum absolute atomic E-state index is 4.57. The summed E-state index contributed by atoms with van der Waals surface area (Å²) in [5, 5.41) is 3.22. The molecule has 0 radical (unpaired) electrons. The predicted molar refractivity (Wildman–Crippen MR) is 68.9 cm³/mol. The molecule has 0 aliphatic carbocycles. The molecule has 0 saturated carbocycles. The third-order valence-electron chi connectivity index (χ3n) is 2.22. The molecular formula is C11H14N2S2. The number of rotatable bonds is 4. The van der Waals surface area contributed by atoms with Gasteiger partial charge >= 0.3 is 0 Å². The van der Waals surface area contributed by atoms with E-state index < -0.39 is 0 Å². The number of para-hydroxylation sites is 1. The van der Waals surface area contributed by atoms with Gasteiger partial charge in [-0.1, -0.05) is 23.9 Å². The van der Waals surface area contributed by atoms with Gasteiger partial charge in [-0.3, -0.25) is 0 Å². The Bertz CT molecular complexity index is 406. The van der Waals surface area contributed by atoms with Crippen molar-refractivity contribution >= 4 is 33.3 Å². The molecular weight excluding hydrogens is 224 g/mol. The molecule has 0 saturated heterocycles. The highest BCUT2D eigenvalue weighted by molar-refractivity contribution is 8.01. The topological polar surface area (TPSA) is 24.9 Å². The Kier molecular flexibility index (Phi) is 3.61. The molecule has 0 aliphatic rings. The van der Waals surface area contributed by atoms with E-state index in [0.29, 0.717) is 6.04 Å². The van der Waals surface area contributed by atoms with Gasteiger partial charge in [0.1, 0.15) is 0 Å². The van der Waals surface area contributed by atoms with Gasteiger partial charge in [-0.05, 0) is 26.1 Å². The first-order valence-corrected chi connectivity index (χ1v) is 6.75. The Morgan fingerprint density at radius 1 is 1.47 bits per heavy atom. The van der Waals surface area contributed by atoms with Crippen LogP contribution in [0.4, 0.5) is 0 Å². The van der Waals surface area contributed by atoms with Crippen LogP contribution in [0.1, 0.15) is 6.92 Å². The highest BCUT2D eigenvalue weighted by atomic mass is 32.2. The lowest BCUT2D eigenvalue weighted by atomic mass is 10.3. The first-order valence-electron chi connectivity index (χ1n) is 4.95. The lowest BCUT2D eigenvalue weighted by Crippen LogP contribution is -2.23. The maximum Gasteiger partial charge on any atom is 0.151 e. The summed E-state index contributed by atoms with van der Waals surface area (Å²) in [4.78, 5) is 4.57. The van der Waals surface area contributed by atoms with Crippen molar-refractivity contribution in [2.45, 2.75) is 17.3 Å². The number of thiazole rings is 1. The summed E-state index contributed by atoms with van der Waals surface area (Å²) in [6, 6.07) is 8.82. The van der Waals surface area contributed by atoms with Gasteiger partial charge in [0, 0.05) is 11.8 Å². The Hall–Kier alpha value is -0.580. The van der Waals surface area contributed by atoms with E-state index in [-0.39, 0.29) is 0 Å². The number of benzene rings is 1. The molecule has 0 bridgehead atoms. The van der Waals surface area contributed by atoms with E-state index >= 15 is 0 Å². The van der Waals surface area contributed by atoms with Crippen molar-refractivity contribution in [3.05, 3.63) is 24.3 Å². The van der Waals surface area contributed by atoms with Crippen molar-refractivity contribution in [3.63, 3.8) is 0 Å². The summed E-state index contributed by atoms with van der Waals surface area (Å²) >= 11 is 3.60. The van der Waals surface area contributed by atoms with Crippen LogP contribution in [0.15, 0.2) is 28.6 Å². The summed E-state index contributed by atoms with van der Waals surface area (Å²) in [6.45, 7) is 2.18. The molecule has 1 heterocycles. The molecule has 1 aromatic carbocycles. The van der Waals surface area contributed by atoms with E-state index in [1.54, 1.807) is 11.3 Å². The summed E-state index contributed by atoms with van der Waals surface area (Å²) < 4.78 is 2.44. The van der Waals surface area contributed by atoms with Gasteiger partial charge in [0.2, 0.25) is 0 Å². The molecule has 1 aromatic heterocycles. The maximum atomic E-state index is 4.57. The zero-order valence-electron chi connectivity index (χ0n) is 8.86. The van der Waals surface area contributed by atoms with E-state index in [2.05, 4.69) is 35.4 Å². The molecule has 2 rings (SSSR count). The van der Waals surface area contributed by atoms with Crippen LogP contribution in [0.3, 0.4) is 0 Å². The SMILES string of the molecule is CNC(C)CSc1nc2ccccc2s1. The van der Waals surface area contributed by atoms with Gasteiger partial charge in [-0.25, -0.2) is 4.98 Å². The summed E-state index contributed by atoms with van der Waals surface area (Å²) in [7, 11) is 1.99. The first kappa shape index (κ1) is 10.9. The number of hydrogen-bond donors (Lipinski definition) is 1. The highest BCUT2D eigenvalue weighted by Gasteiger charge is 2.05. The minimum absolute atomic E-state index is 0.530. The van der Waals surface area contributed by atoms with E-state index in [9.17, 15) is 0 Å². The van der Waals surface area contributed by atoms with Crippen LogP contribution in [0.5, 0.6) is 0 Å². The Balaban J connectivity index is 2.09. The largest absolute Gasteiger partial charge is 0.316 e. The molecule has 2 aromatic rings. The van der Waals surface area contributed by atoms with Crippen molar-refractivity contribution in [2.75, 3.05) is 12.8 Å². The highest BCUT2D eigenvalue weighted by Crippen LogP contribution is 2.29. The number of hydrogen-bond acceptors (Lipinski definition) is 4. The molecule has 0 fully saturated rings. The number of aromatic nitrogens is 1. The van der Waals surface area contributed by atoms with E-state index in [1.165, 1.54) is 9.04 Å². The second kappa shape index (κ2) is 4.96. The standard InChI is InChI=1S/C11H14N2S2/c1-8(12-2)7-14-11-13-9-5-3-4-6-10(9)15-11/h3-6,8,12H,7H2,1-2H3. The summed E-state index contributed by atoms with van der Waals surface area (Å²) in [6.07, 6.45) is 0. The van der Waals surface area contributed by atoms with Crippen molar-refractivity contribution in [2.24, 2.45) is 0 Å². The zero-order valence-corrected chi connectivity index (χ0v) is 10.5. The minimum atomic E-state index is 0.530. The molecule has 0 amide bonds. The lowest BCUT2D eigenvalue weighted by Gasteiger charge is -2.06. The van der Waals surface area contributed by atoms with Crippen molar-refractivity contribution in [1.82, 2.24) is 10.3 Å². The number of nitrogens with zero attached hydrogens (tertiary/aromatic N) is 1. The van der Waals surface area contributed by atoms with Crippen LogP contribution in [0.25, 0.3) is 10.2 Å². The van der Waals surface area contributed by atoms with Gasteiger partial charge in [0.25, 0.3) is 0 Å². The van der Waals surface area contributed by atoms with Gasteiger partial charge in [-0.2, -0.15) is 0 Å². The Labute approximate surface area is 98.1 Å². The van der Waals surface area contributed by atoms with Gasteiger partial charge in [0.05, 0.1) is 10.2 Å². The van der Waals surface area contributed by atoms with Gasteiger partial charge in [0.15, 0.2) is 4.34 Å². The average molecular weight is 238 g/mol. The van der Waals surface area contributed by atoms with Crippen LogP contribution in [-0.4, -0.2) is 23.8 Å². The second-order valence-corrected chi connectivity index (χ2v) is 5.75. The number of thioether (sulfide) groups is 1. The molecule has 2 nitrogen and oxygen atoms in total. The van der Waals surface area contributed by atoms with Crippen molar-refractivity contribution in [3.8, 4) is 0 Å². The second-order valence-electron chi connectivity index (χ2n) is 3.45. The number of nitrogens with one attached hydrogen (secondary N) is 1. The molecule has 15 heavy (non-hydrogen) atoms. The zero-order chi connectivity index (χ0) is 10.7.